The van der Waals surface area contributed by atoms with Gasteiger partial charge in [-0.15, -0.1) is 0 Å². The van der Waals surface area contributed by atoms with Gasteiger partial charge in [0, 0.05) is 0 Å². The zero-order chi connectivity index (χ0) is 12.6. The Hall–Kier alpha value is -1.18. The Balaban J connectivity index is 0. The SMILES string of the molecule is C=COC=C.C=COCC(CC)CCCC. The molecule has 0 aliphatic rings. The lowest BCUT2D eigenvalue weighted by atomic mass is 10.0. The van der Waals surface area contributed by atoms with Crippen molar-refractivity contribution < 1.29 is 9.47 Å². The first-order valence-electron chi connectivity index (χ1n) is 5.86. The fourth-order valence-corrected chi connectivity index (χ4v) is 1.17. The summed E-state index contributed by atoms with van der Waals surface area (Å²) in [6.45, 7) is 15.3. The van der Waals surface area contributed by atoms with Crippen LogP contribution in [-0.2, 0) is 9.47 Å². The van der Waals surface area contributed by atoms with Gasteiger partial charge in [0.25, 0.3) is 0 Å². The van der Waals surface area contributed by atoms with Crippen LogP contribution in [0.4, 0.5) is 0 Å². The molecule has 0 saturated carbocycles. The molecule has 0 heterocycles. The van der Waals surface area contributed by atoms with Crippen molar-refractivity contribution in [1.29, 1.82) is 0 Å². The molecule has 1 unspecified atom stereocenters. The topological polar surface area (TPSA) is 18.5 Å². The summed E-state index contributed by atoms with van der Waals surface area (Å²) in [7, 11) is 0. The van der Waals surface area contributed by atoms with Crippen molar-refractivity contribution in [3.63, 3.8) is 0 Å². The first-order valence-corrected chi connectivity index (χ1v) is 5.86. The number of hydrogen-bond acceptors (Lipinski definition) is 2. The molecule has 0 aliphatic carbocycles. The van der Waals surface area contributed by atoms with E-state index in [-0.39, 0.29) is 0 Å². The van der Waals surface area contributed by atoms with Crippen molar-refractivity contribution in [2.45, 2.75) is 39.5 Å². The van der Waals surface area contributed by atoms with Crippen LogP contribution in [0, 0.1) is 5.92 Å². The highest BCUT2D eigenvalue weighted by atomic mass is 16.5. The third-order valence-electron chi connectivity index (χ3n) is 2.19. The van der Waals surface area contributed by atoms with Gasteiger partial charge >= 0.3 is 0 Å². The summed E-state index contributed by atoms with van der Waals surface area (Å²) in [6, 6.07) is 0. The quantitative estimate of drug-likeness (QED) is 0.533. The molecule has 0 radical (unpaired) electrons. The molecule has 1 atom stereocenters. The molecule has 2 heteroatoms. The first kappa shape index (κ1) is 17.2. The number of rotatable bonds is 9. The molecular weight excluding hydrogens is 200 g/mol. The number of unbranched alkanes of at least 4 members (excludes halogenated alkanes) is 1. The van der Waals surface area contributed by atoms with Crippen LogP contribution in [0.1, 0.15) is 39.5 Å². The zero-order valence-electron chi connectivity index (χ0n) is 10.8. The van der Waals surface area contributed by atoms with Gasteiger partial charge in [-0.1, -0.05) is 52.8 Å². The van der Waals surface area contributed by atoms with Gasteiger partial charge in [-0.3, -0.25) is 0 Å². The lowest BCUT2D eigenvalue weighted by Crippen LogP contribution is -2.05. The predicted molar refractivity (Wildman–Crippen MR) is 70.9 cm³/mol. The second-order valence-corrected chi connectivity index (χ2v) is 3.39. The first-order chi connectivity index (χ1) is 7.76. The molecule has 2 nitrogen and oxygen atoms in total. The summed E-state index contributed by atoms with van der Waals surface area (Å²) in [5.74, 6) is 0.730. The van der Waals surface area contributed by atoms with Crippen LogP contribution in [-0.4, -0.2) is 6.61 Å². The summed E-state index contributed by atoms with van der Waals surface area (Å²) in [5, 5.41) is 0. The van der Waals surface area contributed by atoms with Crippen LogP contribution < -0.4 is 0 Å². The van der Waals surface area contributed by atoms with E-state index in [0.717, 1.165) is 12.5 Å². The summed E-state index contributed by atoms with van der Waals surface area (Å²) >= 11 is 0. The Bertz CT molecular complexity index is 158. The van der Waals surface area contributed by atoms with Crippen LogP contribution in [0.25, 0.3) is 0 Å². The smallest absolute Gasteiger partial charge is 0.0901 e. The molecule has 0 fully saturated rings. The maximum Gasteiger partial charge on any atom is 0.0901 e. The second-order valence-electron chi connectivity index (χ2n) is 3.39. The third kappa shape index (κ3) is 15.3. The van der Waals surface area contributed by atoms with Crippen LogP contribution in [0.2, 0.25) is 0 Å². The van der Waals surface area contributed by atoms with Gasteiger partial charge in [0.2, 0.25) is 0 Å². The normalized spacial score (nSPS) is 10.4. The summed E-state index contributed by atoms with van der Waals surface area (Å²) in [4.78, 5) is 0. The van der Waals surface area contributed by atoms with E-state index < -0.39 is 0 Å². The standard InChI is InChI=1S/C10H20O.C4H6O/c1-4-7-8-10(5-2)9-11-6-3;1-3-5-4-2/h6,10H,3-5,7-9H2,1-2H3;3-4H,1-2H2. The molecule has 0 aromatic heterocycles. The van der Waals surface area contributed by atoms with Crippen LogP contribution in [0.3, 0.4) is 0 Å². The van der Waals surface area contributed by atoms with Crippen LogP contribution >= 0.6 is 0 Å². The van der Waals surface area contributed by atoms with Crippen molar-refractivity contribution in [2.24, 2.45) is 5.92 Å². The van der Waals surface area contributed by atoms with Crippen molar-refractivity contribution in [1.82, 2.24) is 0 Å². The monoisotopic (exact) mass is 226 g/mol. The van der Waals surface area contributed by atoms with E-state index in [0.29, 0.717) is 0 Å². The second kappa shape index (κ2) is 16.3. The zero-order valence-corrected chi connectivity index (χ0v) is 10.8. The average Bonchev–Trinajstić information content (AvgIpc) is 2.31. The van der Waals surface area contributed by atoms with Gasteiger partial charge in [0.05, 0.1) is 25.4 Å². The summed E-state index contributed by atoms with van der Waals surface area (Å²) in [5.41, 5.74) is 0. The Labute approximate surface area is 101 Å². The highest BCUT2D eigenvalue weighted by Crippen LogP contribution is 2.12. The molecule has 0 amide bonds. The van der Waals surface area contributed by atoms with Gasteiger partial charge in [-0.2, -0.15) is 0 Å². The van der Waals surface area contributed by atoms with Gasteiger partial charge in [0.1, 0.15) is 0 Å². The molecule has 0 aromatic rings. The molecule has 0 N–H and O–H groups in total. The van der Waals surface area contributed by atoms with Gasteiger partial charge in [0.15, 0.2) is 0 Å². The van der Waals surface area contributed by atoms with Crippen molar-refractivity contribution in [2.75, 3.05) is 6.61 Å². The van der Waals surface area contributed by atoms with Crippen LogP contribution in [0.5, 0.6) is 0 Å². The largest absolute Gasteiger partial charge is 0.502 e. The Morgan fingerprint density at radius 2 is 1.69 bits per heavy atom. The minimum Gasteiger partial charge on any atom is -0.502 e. The Kier molecular flexibility index (Phi) is 17.5. The van der Waals surface area contributed by atoms with E-state index in [1.165, 1.54) is 44.5 Å². The van der Waals surface area contributed by atoms with E-state index in [2.05, 4.69) is 38.3 Å². The van der Waals surface area contributed by atoms with E-state index in [1.807, 2.05) is 0 Å². The van der Waals surface area contributed by atoms with Gasteiger partial charge in [-0.05, 0) is 12.3 Å². The van der Waals surface area contributed by atoms with E-state index in [1.54, 1.807) is 0 Å². The average molecular weight is 226 g/mol. The minimum absolute atomic E-state index is 0.730. The lowest BCUT2D eigenvalue weighted by molar-refractivity contribution is 0.184. The Morgan fingerprint density at radius 1 is 1.06 bits per heavy atom. The van der Waals surface area contributed by atoms with E-state index in [4.69, 9.17) is 4.74 Å². The lowest BCUT2D eigenvalue weighted by Gasteiger charge is -2.12. The van der Waals surface area contributed by atoms with Gasteiger partial charge < -0.3 is 9.47 Å². The highest BCUT2D eigenvalue weighted by molar-refractivity contribution is 4.58. The molecule has 0 bridgehead atoms. The molecule has 0 rings (SSSR count). The fourth-order valence-electron chi connectivity index (χ4n) is 1.17. The fraction of sp³-hybridized carbons (Fsp3) is 0.571. The summed E-state index contributed by atoms with van der Waals surface area (Å²) in [6.07, 6.45) is 9.27. The van der Waals surface area contributed by atoms with Crippen LogP contribution in [0.15, 0.2) is 38.5 Å². The molecule has 16 heavy (non-hydrogen) atoms. The van der Waals surface area contributed by atoms with Crippen molar-refractivity contribution >= 4 is 0 Å². The molecular formula is C14H26O2. The van der Waals surface area contributed by atoms with Crippen molar-refractivity contribution in [3.05, 3.63) is 38.5 Å². The maximum atomic E-state index is 5.15. The number of hydrogen-bond donors (Lipinski definition) is 0. The molecule has 0 aliphatic heterocycles. The van der Waals surface area contributed by atoms with E-state index >= 15 is 0 Å². The van der Waals surface area contributed by atoms with Gasteiger partial charge in [-0.25, -0.2) is 0 Å². The molecule has 0 aromatic carbocycles. The Morgan fingerprint density at radius 3 is 2.00 bits per heavy atom. The highest BCUT2D eigenvalue weighted by Gasteiger charge is 2.04. The number of ether oxygens (including phenoxy) is 2. The summed E-state index contributed by atoms with van der Waals surface area (Å²) < 4.78 is 9.51. The third-order valence-corrected chi connectivity index (χ3v) is 2.19. The van der Waals surface area contributed by atoms with Crippen molar-refractivity contribution in [3.8, 4) is 0 Å². The minimum atomic E-state index is 0.730. The molecule has 0 saturated heterocycles. The molecule has 94 valence electrons. The predicted octanol–water partition coefficient (Wildman–Crippen LogP) is 4.65. The van der Waals surface area contributed by atoms with E-state index in [9.17, 15) is 0 Å². The maximum absolute atomic E-state index is 5.15. The molecule has 0 spiro atoms.